The van der Waals surface area contributed by atoms with E-state index in [1.165, 1.54) is 0 Å². The molecule has 7 heteroatoms. The van der Waals surface area contributed by atoms with Gasteiger partial charge in [-0.1, -0.05) is 0 Å². The maximum absolute atomic E-state index is 12.0. The van der Waals surface area contributed by atoms with Crippen LogP contribution in [0.5, 0.6) is 0 Å². The summed E-state index contributed by atoms with van der Waals surface area (Å²) >= 11 is 0. The Labute approximate surface area is 145 Å². The number of aromatic nitrogens is 4. The van der Waals surface area contributed by atoms with E-state index in [1.807, 2.05) is 43.2 Å². The van der Waals surface area contributed by atoms with Crippen LogP contribution in [0.1, 0.15) is 19.8 Å². The summed E-state index contributed by atoms with van der Waals surface area (Å²) in [5, 5.41) is 12.4. The van der Waals surface area contributed by atoms with E-state index in [-0.39, 0.29) is 11.8 Å². The molecule has 0 saturated heterocycles. The van der Waals surface area contributed by atoms with E-state index in [0.29, 0.717) is 5.82 Å². The Morgan fingerprint density at radius 1 is 1.28 bits per heavy atom. The van der Waals surface area contributed by atoms with Gasteiger partial charge in [0.15, 0.2) is 0 Å². The highest BCUT2D eigenvalue weighted by Crippen LogP contribution is 2.33. The molecule has 1 fully saturated rings. The number of nitrogens with zero attached hydrogens (tertiary/aromatic N) is 4. The Kier molecular flexibility index (Phi) is 3.83. The smallest absolute Gasteiger partial charge is 0.228 e. The van der Waals surface area contributed by atoms with Gasteiger partial charge in [-0.15, -0.1) is 0 Å². The molecule has 1 saturated carbocycles. The van der Waals surface area contributed by atoms with Gasteiger partial charge in [-0.05, 0) is 31.9 Å². The van der Waals surface area contributed by atoms with E-state index in [2.05, 4.69) is 25.7 Å². The van der Waals surface area contributed by atoms with Crippen molar-refractivity contribution < 1.29 is 4.79 Å². The monoisotopic (exact) mass is 336 g/mol. The highest BCUT2D eigenvalue weighted by atomic mass is 16.2. The summed E-state index contributed by atoms with van der Waals surface area (Å²) < 4.78 is 1.88. The number of amides is 1. The molecule has 0 unspecified atom stereocenters. The van der Waals surface area contributed by atoms with Gasteiger partial charge >= 0.3 is 0 Å². The topological polar surface area (TPSA) is 84.7 Å². The van der Waals surface area contributed by atoms with Crippen LogP contribution in [-0.2, 0) is 11.3 Å². The molecule has 3 heterocycles. The standard InChI is InChI=1S/C18H20N6O/c1-3-24-7-6-15(23-24)13-9-21-17(19-2)14-10-20-16(8-12(13)14)22-18(25)11-4-5-11/h6-11H,3-5H2,1-2H3,(H,19,21)(H,20,22,25). The third-order valence-corrected chi connectivity index (χ3v) is 4.45. The van der Waals surface area contributed by atoms with E-state index in [4.69, 9.17) is 0 Å². The van der Waals surface area contributed by atoms with Gasteiger partial charge in [0.25, 0.3) is 0 Å². The lowest BCUT2D eigenvalue weighted by atomic mass is 10.1. The second-order valence-corrected chi connectivity index (χ2v) is 6.21. The normalized spacial score (nSPS) is 13.8. The van der Waals surface area contributed by atoms with Crippen LogP contribution in [0.25, 0.3) is 22.0 Å². The van der Waals surface area contributed by atoms with Crippen LogP contribution < -0.4 is 10.6 Å². The molecule has 0 aromatic carbocycles. The van der Waals surface area contributed by atoms with Crippen LogP contribution in [-0.4, -0.2) is 32.7 Å². The number of pyridine rings is 2. The first kappa shape index (κ1) is 15.6. The average molecular weight is 336 g/mol. The number of carbonyl (C=O) groups is 1. The average Bonchev–Trinajstić information content (AvgIpc) is 3.38. The van der Waals surface area contributed by atoms with E-state index in [1.54, 1.807) is 6.20 Å². The fourth-order valence-electron chi connectivity index (χ4n) is 2.86. The number of fused-ring (bicyclic) bond motifs is 1. The third kappa shape index (κ3) is 2.93. The molecule has 4 rings (SSSR count). The summed E-state index contributed by atoms with van der Waals surface area (Å²) in [4.78, 5) is 20.9. The van der Waals surface area contributed by atoms with Crippen LogP contribution in [0.4, 0.5) is 11.6 Å². The van der Waals surface area contributed by atoms with E-state index < -0.39 is 0 Å². The number of hydrogen-bond donors (Lipinski definition) is 2. The number of nitrogens with one attached hydrogen (secondary N) is 2. The molecule has 1 aliphatic carbocycles. The lowest BCUT2D eigenvalue weighted by molar-refractivity contribution is -0.117. The first-order chi connectivity index (χ1) is 12.2. The van der Waals surface area contributed by atoms with Crippen LogP contribution >= 0.6 is 0 Å². The minimum atomic E-state index is 0.0477. The minimum absolute atomic E-state index is 0.0477. The first-order valence-electron chi connectivity index (χ1n) is 8.50. The van der Waals surface area contributed by atoms with Gasteiger partial charge in [0, 0.05) is 54.4 Å². The molecule has 0 spiro atoms. The highest BCUT2D eigenvalue weighted by Gasteiger charge is 2.29. The summed E-state index contributed by atoms with van der Waals surface area (Å²) in [5.41, 5.74) is 1.78. The summed E-state index contributed by atoms with van der Waals surface area (Å²) in [5.74, 6) is 1.50. The summed E-state index contributed by atoms with van der Waals surface area (Å²) in [6, 6.07) is 3.88. The maximum Gasteiger partial charge on any atom is 0.228 e. The number of hydrogen-bond acceptors (Lipinski definition) is 5. The van der Waals surface area contributed by atoms with Crippen molar-refractivity contribution in [2.24, 2.45) is 5.92 Å². The molecule has 0 radical (unpaired) electrons. The van der Waals surface area contributed by atoms with Crippen molar-refractivity contribution in [3.63, 3.8) is 0 Å². The third-order valence-electron chi connectivity index (χ3n) is 4.45. The van der Waals surface area contributed by atoms with Gasteiger partial charge in [0.1, 0.15) is 11.6 Å². The summed E-state index contributed by atoms with van der Waals surface area (Å²) in [6.07, 6.45) is 7.43. The first-order valence-corrected chi connectivity index (χ1v) is 8.50. The Bertz CT molecular complexity index is 944. The van der Waals surface area contributed by atoms with Crippen LogP contribution in [0.2, 0.25) is 0 Å². The van der Waals surface area contributed by atoms with E-state index in [0.717, 1.165) is 47.2 Å². The maximum atomic E-state index is 12.0. The predicted molar refractivity (Wildman–Crippen MR) is 97.3 cm³/mol. The van der Waals surface area contributed by atoms with Gasteiger partial charge in [-0.2, -0.15) is 5.10 Å². The Morgan fingerprint density at radius 2 is 2.12 bits per heavy atom. The van der Waals surface area contributed by atoms with Crippen LogP contribution in [0, 0.1) is 5.92 Å². The van der Waals surface area contributed by atoms with E-state index >= 15 is 0 Å². The van der Waals surface area contributed by atoms with Crippen molar-refractivity contribution >= 4 is 28.3 Å². The van der Waals surface area contributed by atoms with Crippen molar-refractivity contribution in [2.45, 2.75) is 26.3 Å². The Morgan fingerprint density at radius 3 is 2.80 bits per heavy atom. The molecule has 1 aliphatic rings. The van der Waals surface area contributed by atoms with Gasteiger partial charge in [-0.25, -0.2) is 9.97 Å². The molecule has 3 aromatic rings. The lowest BCUT2D eigenvalue weighted by Gasteiger charge is -2.11. The molecular formula is C18H20N6O. The minimum Gasteiger partial charge on any atom is -0.373 e. The van der Waals surface area contributed by atoms with Crippen LogP contribution in [0.15, 0.2) is 30.7 Å². The molecule has 1 amide bonds. The zero-order valence-electron chi connectivity index (χ0n) is 14.3. The zero-order chi connectivity index (χ0) is 17.4. The van der Waals surface area contributed by atoms with Crippen molar-refractivity contribution in [1.29, 1.82) is 0 Å². The summed E-state index contributed by atoms with van der Waals surface area (Å²) in [7, 11) is 1.83. The quantitative estimate of drug-likeness (QED) is 0.748. The van der Waals surface area contributed by atoms with Crippen molar-refractivity contribution in [3.05, 3.63) is 30.7 Å². The second-order valence-electron chi connectivity index (χ2n) is 6.21. The molecule has 3 aromatic heterocycles. The van der Waals surface area contributed by atoms with Gasteiger partial charge in [-0.3, -0.25) is 9.48 Å². The summed E-state index contributed by atoms with van der Waals surface area (Å²) in [6.45, 7) is 2.86. The molecule has 128 valence electrons. The predicted octanol–water partition coefficient (Wildman–Crippen LogP) is 2.90. The van der Waals surface area contributed by atoms with Gasteiger partial charge < -0.3 is 10.6 Å². The molecule has 0 bridgehead atoms. The van der Waals surface area contributed by atoms with Crippen molar-refractivity contribution in [1.82, 2.24) is 19.7 Å². The molecule has 2 N–H and O–H groups in total. The number of carbonyl (C=O) groups excluding carboxylic acids is 1. The SMILES string of the molecule is CCn1ccc(-c2cnc(NC)c3cnc(NC(=O)C4CC4)cc23)n1. The Balaban J connectivity index is 1.81. The Hall–Kier alpha value is -2.96. The molecule has 0 atom stereocenters. The number of rotatable bonds is 5. The highest BCUT2D eigenvalue weighted by molar-refractivity contribution is 6.03. The van der Waals surface area contributed by atoms with Crippen molar-refractivity contribution in [2.75, 3.05) is 17.7 Å². The number of aryl methyl sites for hydroxylation is 1. The molecule has 25 heavy (non-hydrogen) atoms. The molecule has 7 nitrogen and oxygen atoms in total. The lowest BCUT2D eigenvalue weighted by Crippen LogP contribution is -2.14. The molecule has 0 aliphatic heterocycles. The fraction of sp³-hybridized carbons (Fsp3) is 0.333. The fourth-order valence-corrected chi connectivity index (χ4v) is 2.86. The largest absolute Gasteiger partial charge is 0.373 e. The van der Waals surface area contributed by atoms with Crippen molar-refractivity contribution in [3.8, 4) is 11.3 Å². The van der Waals surface area contributed by atoms with E-state index in [9.17, 15) is 4.79 Å². The van der Waals surface area contributed by atoms with Gasteiger partial charge in [0.2, 0.25) is 5.91 Å². The second kappa shape index (κ2) is 6.16. The molecular weight excluding hydrogens is 316 g/mol. The zero-order valence-corrected chi connectivity index (χ0v) is 14.3. The van der Waals surface area contributed by atoms with Crippen LogP contribution in [0.3, 0.4) is 0 Å². The number of anilines is 2. The van der Waals surface area contributed by atoms with Gasteiger partial charge in [0.05, 0.1) is 5.69 Å².